The van der Waals surface area contributed by atoms with E-state index >= 15 is 0 Å². The molecule has 8 nitrogen and oxygen atoms in total. The SMILES string of the molecule is CC/C=C\C/C=C\C/C=C\C/C=C\C/C=C\CCCCCC(=O)OC(COC(=O)CCCCCCC/C=C\CCCCC)COP(=O)(O)O. The van der Waals surface area contributed by atoms with Gasteiger partial charge in [-0.05, 0) is 83.5 Å². The lowest BCUT2D eigenvalue weighted by Crippen LogP contribution is -2.29. The molecule has 0 aliphatic heterocycles. The normalized spacial score (nSPS) is 13.3. The molecule has 0 spiro atoms. The van der Waals surface area contributed by atoms with Crippen LogP contribution >= 0.6 is 7.82 Å². The molecule has 9 heteroatoms. The Labute approximate surface area is 298 Å². The van der Waals surface area contributed by atoms with Gasteiger partial charge in [-0.3, -0.25) is 14.1 Å². The van der Waals surface area contributed by atoms with Crippen LogP contribution in [0.1, 0.15) is 149 Å². The predicted molar refractivity (Wildman–Crippen MR) is 202 cm³/mol. The molecule has 0 aliphatic rings. The Morgan fingerprint density at radius 3 is 1.51 bits per heavy atom. The highest BCUT2D eigenvalue weighted by atomic mass is 31.2. The van der Waals surface area contributed by atoms with Gasteiger partial charge in [-0.15, -0.1) is 0 Å². The Balaban J connectivity index is 4.08. The highest BCUT2D eigenvalue weighted by Gasteiger charge is 2.22. The van der Waals surface area contributed by atoms with E-state index in [4.69, 9.17) is 19.3 Å². The molecule has 2 N–H and O–H groups in total. The fourth-order valence-corrected chi connectivity index (χ4v) is 5.05. The number of esters is 2. The largest absolute Gasteiger partial charge is 0.469 e. The Morgan fingerprint density at radius 2 is 0.980 bits per heavy atom. The second kappa shape index (κ2) is 35.3. The number of rotatable bonds is 33. The van der Waals surface area contributed by atoms with Crippen LogP contribution in [0.3, 0.4) is 0 Å². The van der Waals surface area contributed by atoms with E-state index in [1.165, 1.54) is 19.3 Å². The van der Waals surface area contributed by atoms with Gasteiger partial charge in [0.25, 0.3) is 0 Å². The number of phosphoric acid groups is 1. The Hall–Kier alpha value is -2.51. The molecule has 0 bridgehead atoms. The summed E-state index contributed by atoms with van der Waals surface area (Å²) in [6.45, 7) is 3.49. The summed E-state index contributed by atoms with van der Waals surface area (Å²) in [5, 5.41) is 0. The maximum atomic E-state index is 12.4. The summed E-state index contributed by atoms with van der Waals surface area (Å²) < 4.78 is 26.3. The first kappa shape index (κ1) is 46.5. The number of carbonyl (C=O) groups is 2. The monoisotopic (exact) mass is 706 g/mol. The van der Waals surface area contributed by atoms with Crippen molar-refractivity contribution in [3.8, 4) is 0 Å². The fourth-order valence-electron chi connectivity index (χ4n) is 4.69. The number of hydrogen-bond donors (Lipinski definition) is 2. The molecule has 0 aromatic rings. The second-order valence-electron chi connectivity index (χ2n) is 12.2. The number of phosphoric ester groups is 1. The maximum Gasteiger partial charge on any atom is 0.469 e. The van der Waals surface area contributed by atoms with Gasteiger partial charge in [0, 0.05) is 12.8 Å². The van der Waals surface area contributed by atoms with Crippen molar-refractivity contribution in [1.82, 2.24) is 0 Å². The molecule has 49 heavy (non-hydrogen) atoms. The van der Waals surface area contributed by atoms with Crippen LogP contribution in [0.15, 0.2) is 72.9 Å². The first-order chi connectivity index (χ1) is 23.8. The van der Waals surface area contributed by atoms with Crippen molar-refractivity contribution < 1.29 is 37.9 Å². The molecule has 280 valence electrons. The van der Waals surface area contributed by atoms with Gasteiger partial charge in [0.1, 0.15) is 6.61 Å². The van der Waals surface area contributed by atoms with E-state index in [0.29, 0.717) is 12.8 Å². The van der Waals surface area contributed by atoms with E-state index in [9.17, 15) is 14.2 Å². The lowest BCUT2D eigenvalue weighted by atomic mass is 10.1. The topological polar surface area (TPSA) is 119 Å². The van der Waals surface area contributed by atoms with Gasteiger partial charge < -0.3 is 19.3 Å². The third-order valence-corrected chi connectivity index (χ3v) is 7.94. The Kier molecular flexibility index (Phi) is 33.5. The van der Waals surface area contributed by atoms with Crippen molar-refractivity contribution in [2.45, 2.75) is 155 Å². The van der Waals surface area contributed by atoms with Gasteiger partial charge in [-0.2, -0.15) is 0 Å². The van der Waals surface area contributed by atoms with Crippen LogP contribution in [-0.2, 0) is 28.2 Å². The number of carbonyl (C=O) groups excluding carboxylic acids is 2. The maximum absolute atomic E-state index is 12.4. The van der Waals surface area contributed by atoms with Crippen LogP contribution in [0.4, 0.5) is 0 Å². The van der Waals surface area contributed by atoms with Crippen LogP contribution in [0, 0.1) is 0 Å². The van der Waals surface area contributed by atoms with Crippen molar-refractivity contribution in [3.05, 3.63) is 72.9 Å². The average Bonchev–Trinajstić information content (AvgIpc) is 3.07. The zero-order chi connectivity index (χ0) is 36.1. The van der Waals surface area contributed by atoms with Crippen molar-refractivity contribution in [2.24, 2.45) is 0 Å². The van der Waals surface area contributed by atoms with Crippen molar-refractivity contribution >= 4 is 19.8 Å². The molecule has 0 aromatic carbocycles. The van der Waals surface area contributed by atoms with Gasteiger partial charge >= 0.3 is 19.8 Å². The van der Waals surface area contributed by atoms with Crippen LogP contribution in [-0.4, -0.2) is 41.0 Å². The summed E-state index contributed by atoms with van der Waals surface area (Å²) in [5.41, 5.74) is 0. The molecule has 1 unspecified atom stereocenters. The molecule has 0 aromatic heterocycles. The summed E-state index contributed by atoms with van der Waals surface area (Å²) in [7, 11) is -4.76. The molecule has 0 rings (SSSR count). The highest BCUT2D eigenvalue weighted by molar-refractivity contribution is 7.46. The Morgan fingerprint density at radius 1 is 0.551 bits per heavy atom. The molecule has 0 heterocycles. The van der Waals surface area contributed by atoms with Gasteiger partial charge in [-0.25, -0.2) is 4.57 Å². The third-order valence-electron chi connectivity index (χ3n) is 7.46. The summed E-state index contributed by atoms with van der Waals surface area (Å²) >= 11 is 0. The minimum absolute atomic E-state index is 0.167. The quantitative estimate of drug-likeness (QED) is 0.0299. The van der Waals surface area contributed by atoms with Gasteiger partial charge in [-0.1, -0.05) is 125 Å². The first-order valence-corrected chi connectivity index (χ1v) is 20.3. The molecule has 0 aliphatic carbocycles. The van der Waals surface area contributed by atoms with E-state index in [1.807, 2.05) is 0 Å². The van der Waals surface area contributed by atoms with Crippen LogP contribution < -0.4 is 0 Å². The van der Waals surface area contributed by atoms with Crippen molar-refractivity contribution in [3.63, 3.8) is 0 Å². The highest BCUT2D eigenvalue weighted by Crippen LogP contribution is 2.35. The molecule has 1 atom stereocenters. The van der Waals surface area contributed by atoms with Crippen LogP contribution in [0.5, 0.6) is 0 Å². The lowest BCUT2D eigenvalue weighted by Gasteiger charge is -2.18. The standard InChI is InChI=1S/C40H67O8P/c1-3-5-7-9-11-13-15-17-18-19-20-21-22-23-25-27-29-31-33-35-40(42)48-38(37-47-49(43,44)45)36-46-39(41)34-32-30-28-26-24-16-14-12-10-8-6-4-2/h5,7,11-14,17-18,20-21,23,25,38H,3-4,6,8-10,15-16,19,22,24,26-37H2,1-2H3,(H2,43,44,45)/b7-5-,13-11-,14-12-,18-17-,21-20-,25-23-. The van der Waals surface area contributed by atoms with Gasteiger partial charge in [0.2, 0.25) is 0 Å². The molecule has 0 saturated carbocycles. The molecular weight excluding hydrogens is 639 g/mol. The van der Waals surface area contributed by atoms with E-state index in [2.05, 4.69) is 91.3 Å². The minimum Gasteiger partial charge on any atom is -0.462 e. The molecular formula is C40H67O8P. The van der Waals surface area contributed by atoms with Gasteiger partial charge in [0.05, 0.1) is 6.61 Å². The first-order valence-electron chi connectivity index (χ1n) is 18.7. The second-order valence-corrected chi connectivity index (χ2v) is 13.4. The smallest absolute Gasteiger partial charge is 0.462 e. The van der Waals surface area contributed by atoms with E-state index in [-0.39, 0.29) is 19.4 Å². The third kappa shape index (κ3) is 38.1. The Bertz CT molecular complexity index is 1020. The molecule has 0 saturated heterocycles. The zero-order valence-corrected chi connectivity index (χ0v) is 31.5. The van der Waals surface area contributed by atoms with Crippen LogP contribution in [0.2, 0.25) is 0 Å². The molecule has 0 amide bonds. The zero-order valence-electron chi connectivity index (χ0n) is 30.6. The number of ether oxygens (including phenoxy) is 2. The summed E-state index contributed by atoms with van der Waals surface area (Å²) in [5.74, 6) is -0.941. The van der Waals surface area contributed by atoms with Gasteiger partial charge in [0.15, 0.2) is 6.10 Å². The minimum atomic E-state index is -4.76. The van der Waals surface area contributed by atoms with Crippen molar-refractivity contribution in [1.29, 1.82) is 0 Å². The lowest BCUT2D eigenvalue weighted by molar-refractivity contribution is -0.161. The predicted octanol–water partition coefficient (Wildman–Crippen LogP) is 11.1. The molecule has 0 fully saturated rings. The number of unbranched alkanes of at least 4 members (excludes halogenated alkanes) is 11. The summed E-state index contributed by atoms with van der Waals surface area (Å²) in [6.07, 6.45) is 44.8. The van der Waals surface area contributed by atoms with E-state index in [0.717, 1.165) is 89.9 Å². The summed E-state index contributed by atoms with van der Waals surface area (Å²) in [4.78, 5) is 42.7. The van der Waals surface area contributed by atoms with Crippen molar-refractivity contribution in [2.75, 3.05) is 13.2 Å². The van der Waals surface area contributed by atoms with E-state index in [1.54, 1.807) is 0 Å². The summed E-state index contributed by atoms with van der Waals surface area (Å²) in [6, 6.07) is 0. The number of hydrogen-bond acceptors (Lipinski definition) is 6. The average molecular weight is 707 g/mol. The molecule has 0 radical (unpaired) electrons. The van der Waals surface area contributed by atoms with E-state index < -0.39 is 32.5 Å². The fraction of sp³-hybridized carbons (Fsp3) is 0.650. The van der Waals surface area contributed by atoms with Crippen LogP contribution in [0.25, 0.3) is 0 Å². The number of allylic oxidation sites excluding steroid dienone is 12.